The highest BCUT2D eigenvalue weighted by Gasteiger charge is 2.32. The van der Waals surface area contributed by atoms with Gasteiger partial charge in [0.25, 0.3) is 11.8 Å². The lowest BCUT2D eigenvalue weighted by molar-refractivity contribution is -0.137. The van der Waals surface area contributed by atoms with Gasteiger partial charge in [-0.1, -0.05) is 20.8 Å². The molecule has 100 valence electrons. The van der Waals surface area contributed by atoms with Crippen LogP contribution in [0.5, 0.6) is 0 Å². The van der Waals surface area contributed by atoms with Gasteiger partial charge in [0, 0.05) is 18.7 Å². The van der Waals surface area contributed by atoms with Gasteiger partial charge in [0.1, 0.15) is 0 Å². The summed E-state index contributed by atoms with van der Waals surface area (Å²) in [6, 6.07) is 0. The first kappa shape index (κ1) is 13.3. The van der Waals surface area contributed by atoms with E-state index in [1.54, 1.807) is 0 Å². The maximum atomic E-state index is 11.5. The fraction of sp³-hybridized carbons (Fsp3) is 0.733. The predicted molar refractivity (Wildman–Crippen MR) is 70.8 cm³/mol. The molecule has 0 aromatic carbocycles. The molecule has 0 aromatic heterocycles. The fourth-order valence-corrected chi connectivity index (χ4v) is 3.08. The van der Waals surface area contributed by atoms with Crippen LogP contribution in [0.15, 0.2) is 12.2 Å². The van der Waals surface area contributed by atoms with Crippen LogP contribution in [0.3, 0.4) is 0 Å². The summed E-state index contributed by atoms with van der Waals surface area (Å²) in [6.45, 7) is 7.52. The molecule has 1 aliphatic carbocycles. The first-order chi connectivity index (χ1) is 8.38. The minimum atomic E-state index is -0.141. The summed E-state index contributed by atoms with van der Waals surface area (Å²) in [5.74, 6) is 0.990. The van der Waals surface area contributed by atoms with E-state index >= 15 is 0 Å². The monoisotopic (exact) mass is 249 g/mol. The summed E-state index contributed by atoms with van der Waals surface area (Å²) in [4.78, 5) is 24.4. The topological polar surface area (TPSA) is 37.4 Å². The van der Waals surface area contributed by atoms with E-state index in [1.807, 2.05) is 0 Å². The number of nitrogens with zero attached hydrogens (tertiary/aromatic N) is 1. The molecule has 1 heterocycles. The van der Waals surface area contributed by atoms with Crippen molar-refractivity contribution < 1.29 is 9.59 Å². The first-order valence-electron chi connectivity index (χ1n) is 6.91. The highest BCUT2D eigenvalue weighted by molar-refractivity contribution is 6.12. The second kappa shape index (κ2) is 4.87. The number of hydrogen-bond donors (Lipinski definition) is 0. The molecule has 0 spiro atoms. The van der Waals surface area contributed by atoms with E-state index in [1.165, 1.54) is 29.9 Å². The maximum absolute atomic E-state index is 11.5. The van der Waals surface area contributed by atoms with Crippen LogP contribution in [0, 0.1) is 17.3 Å². The molecular weight excluding hydrogens is 226 g/mol. The Morgan fingerprint density at radius 2 is 1.56 bits per heavy atom. The fourth-order valence-electron chi connectivity index (χ4n) is 3.08. The highest BCUT2D eigenvalue weighted by Crippen LogP contribution is 2.40. The van der Waals surface area contributed by atoms with E-state index < -0.39 is 0 Å². The van der Waals surface area contributed by atoms with Crippen molar-refractivity contribution in [2.75, 3.05) is 6.54 Å². The molecule has 2 aliphatic rings. The van der Waals surface area contributed by atoms with Crippen LogP contribution in [0.1, 0.15) is 46.5 Å². The van der Waals surface area contributed by atoms with Crippen molar-refractivity contribution in [3.63, 3.8) is 0 Å². The molecule has 0 bridgehead atoms. The molecule has 0 atom stereocenters. The average molecular weight is 249 g/mol. The van der Waals surface area contributed by atoms with Gasteiger partial charge in [-0.25, -0.2) is 0 Å². The molecular formula is C15H23NO2. The Morgan fingerprint density at radius 3 is 2.00 bits per heavy atom. The Labute approximate surface area is 109 Å². The third-order valence-electron chi connectivity index (χ3n) is 4.41. The minimum Gasteiger partial charge on any atom is -0.275 e. The van der Waals surface area contributed by atoms with Gasteiger partial charge in [-0.05, 0) is 42.9 Å². The summed E-state index contributed by atoms with van der Waals surface area (Å²) in [6.07, 6.45) is 7.47. The van der Waals surface area contributed by atoms with Gasteiger partial charge in [0.15, 0.2) is 0 Å². The lowest BCUT2D eigenvalue weighted by atomic mass is 9.70. The molecule has 0 saturated heterocycles. The smallest absolute Gasteiger partial charge is 0.253 e. The molecule has 2 amide bonds. The van der Waals surface area contributed by atoms with Crippen molar-refractivity contribution in [3.05, 3.63) is 12.2 Å². The van der Waals surface area contributed by atoms with Crippen LogP contribution in [-0.4, -0.2) is 23.3 Å². The molecule has 0 radical (unpaired) electrons. The van der Waals surface area contributed by atoms with Crippen molar-refractivity contribution in [1.29, 1.82) is 0 Å². The Kier molecular flexibility index (Phi) is 3.60. The lowest BCUT2D eigenvalue weighted by Gasteiger charge is -2.37. The molecule has 3 heteroatoms. The summed E-state index contributed by atoms with van der Waals surface area (Å²) in [7, 11) is 0. The maximum Gasteiger partial charge on any atom is 0.253 e. The molecule has 0 aromatic rings. The van der Waals surface area contributed by atoms with Gasteiger partial charge < -0.3 is 0 Å². The zero-order valence-electron chi connectivity index (χ0n) is 11.6. The number of rotatable bonds is 2. The molecule has 1 saturated carbocycles. The minimum absolute atomic E-state index is 0.141. The van der Waals surface area contributed by atoms with Crippen molar-refractivity contribution in [1.82, 2.24) is 4.90 Å². The summed E-state index contributed by atoms with van der Waals surface area (Å²) < 4.78 is 0. The van der Waals surface area contributed by atoms with Crippen LogP contribution in [-0.2, 0) is 9.59 Å². The summed E-state index contributed by atoms with van der Waals surface area (Å²) >= 11 is 0. The molecule has 1 aliphatic heterocycles. The lowest BCUT2D eigenvalue weighted by Crippen LogP contribution is -2.37. The van der Waals surface area contributed by atoms with Gasteiger partial charge in [0.2, 0.25) is 0 Å². The average Bonchev–Trinajstić information content (AvgIpc) is 2.60. The van der Waals surface area contributed by atoms with E-state index in [2.05, 4.69) is 20.8 Å². The normalized spacial score (nSPS) is 29.2. The van der Waals surface area contributed by atoms with E-state index in [4.69, 9.17) is 0 Å². The summed E-state index contributed by atoms with van der Waals surface area (Å²) in [5.41, 5.74) is 0.381. The van der Waals surface area contributed by atoms with Crippen LogP contribution in [0.25, 0.3) is 0 Å². The van der Waals surface area contributed by atoms with Gasteiger partial charge in [-0.3, -0.25) is 14.5 Å². The van der Waals surface area contributed by atoms with Crippen LogP contribution in [0.4, 0.5) is 0 Å². The van der Waals surface area contributed by atoms with Crippen LogP contribution < -0.4 is 0 Å². The van der Waals surface area contributed by atoms with Crippen LogP contribution in [0.2, 0.25) is 0 Å². The summed E-state index contributed by atoms with van der Waals surface area (Å²) in [5, 5.41) is 0. The Balaban J connectivity index is 1.84. The number of hydrogen-bond acceptors (Lipinski definition) is 2. The van der Waals surface area contributed by atoms with Crippen LogP contribution >= 0.6 is 0 Å². The van der Waals surface area contributed by atoms with E-state index in [9.17, 15) is 9.59 Å². The quantitative estimate of drug-likeness (QED) is 0.706. The third-order valence-corrected chi connectivity index (χ3v) is 4.41. The number of carbonyl (C=O) groups excluding carboxylic acids is 2. The van der Waals surface area contributed by atoms with Crippen molar-refractivity contribution in [3.8, 4) is 0 Å². The van der Waals surface area contributed by atoms with Crippen molar-refractivity contribution in [2.45, 2.75) is 46.5 Å². The molecule has 0 N–H and O–H groups in total. The second-order valence-corrected chi connectivity index (χ2v) is 6.70. The van der Waals surface area contributed by atoms with Crippen molar-refractivity contribution in [2.24, 2.45) is 17.3 Å². The molecule has 1 fully saturated rings. The van der Waals surface area contributed by atoms with Gasteiger partial charge in [-0.15, -0.1) is 0 Å². The van der Waals surface area contributed by atoms with E-state index in [-0.39, 0.29) is 11.8 Å². The Bertz CT molecular complexity index is 352. The molecule has 3 nitrogen and oxygen atoms in total. The molecule has 0 unspecified atom stereocenters. The standard InChI is InChI=1S/C15H23NO2/c1-15(2,3)12-6-4-11(5-7-12)10-16-13(17)8-9-14(16)18/h8-9,11-12H,4-7,10H2,1-3H3. The Hall–Kier alpha value is -1.12. The van der Waals surface area contributed by atoms with Crippen molar-refractivity contribution >= 4 is 11.8 Å². The number of carbonyl (C=O) groups is 2. The van der Waals surface area contributed by atoms with E-state index in [0.29, 0.717) is 17.9 Å². The van der Waals surface area contributed by atoms with E-state index in [0.717, 1.165) is 18.8 Å². The zero-order chi connectivity index (χ0) is 13.3. The second-order valence-electron chi connectivity index (χ2n) is 6.70. The highest BCUT2D eigenvalue weighted by atomic mass is 16.2. The predicted octanol–water partition coefficient (Wildman–Crippen LogP) is 2.76. The third kappa shape index (κ3) is 2.82. The Morgan fingerprint density at radius 1 is 1.06 bits per heavy atom. The molecule has 18 heavy (non-hydrogen) atoms. The number of imide groups is 1. The zero-order valence-corrected chi connectivity index (χ0v) is 11.6. The van der Waals surface area contributed by atoms with Gasteiger partial charge >= 0.3 is 0 Å². The molecule has 2 rings (SSSR count). The SMILES string of the molecule is CC(C)(C)C1CCC(CN2C(=O)C=CC2=O)CC1. The largest absolute Gasteiger partial charge is 0.275 e. The first-order valence-corrected chi connectivity index (χ1v) is 6.91. The van der Waals surface area contributed by atoms with Gasteiger partial charge in [0.05, 0.1) is 0 Å². The number of amides is 2. The van der Waals surface area contributed by atoms with Gasteiger partial charge in [-0.2, -0.15) is 0 Å².